The molecule has 0 radical (unpaired) electrons. The van der Waals surface area contributed by atoms with E-state index in [0.717, 1.165) is 18.5 Å². The molecule has 0 saturated carbocycles. The molecule has 6 rings (SSSR count). The van der Waals surface area contributed by atoms with Crippen molar-refractivity contribution < 1.29 is 47.7 Å². The van der Waals surface area contributed by atoms with E-state index in [-0.39, 0.29) is 66.3 Å². The summed E-state index contributed by atoms with van der Waals surface area (Å²) in [5, 5.41) is 2.77. The maximum atomic E-state index is 14.1. The molecule has 0 aromatic carbocycles. The van der Waals surface area contributed by atoms with Crippen molar-refractivity contribution in [3.63, 3.8) is 0 Å². The van der Waals surface area contributed by atoms with E-state index in [1.165, 1.54) is 60.3 Å². The first-order valence-electron chi connectivity index (χ1n) is 20.7. The van der Waals surface area contributed by atoms with Gasteiger partial charge < -0.3 is 45.5 Å². The monoisotopic (exact) mass is 974 g/mol. The number of primary amides is 1. The Labute approximate surface area is 400 Å². The average molecular weight is 976 g/mol. The minimum atomic E-state index is -1.53. The third kappa shape index (κ3) is 11.9. The number of pyridine rings is 2. The molecule has 0 bridgehead atoms. The molecule has 2 aliphatic heterocycles. The van der Waals surface area contributed by atoms with Gasteiger partial charge >= 0.3 is 12.2 Å². The van der Waals surface area contributed by atoms with Crippen molar-refractivity contribution in [1.82, 2.24) is 45.0 Å². The van der Waals surface area contributed by atoms with Crippen molar-refractivity contribution >= 4 is 70.7 Å². The van der Waals surface area contributed by atoms with Crippen LogP contribution in [0.4, 0.5) is 21.2 Å². The molecule has 68 heavy (non-hydrogen) atoms. The number of nitrogen functional groups attached to an aromatic ring is 1. The number of halogens is 2. The van der Waals surface area contributed by atoms with Crippen LogP contribution in [0.5, 0.6) is 0 Å². The van der Waals surface area contributed by atoms with Gasteiger partial charge in [-0.2, -0.15) is 4.90 Å². The van der Waals surface area contributed by atoms with Gasteiger partial charge in [0.15, 0.2) is 5.82 Å². The van der Waals surface area contributed by atoms with Crippen molar-refractivity contribution in [3.8, 4) is 22.8 Å². The lowest BCUT2D eigenvalue weighted by Gasteiger charge is -2.41. The molecule has 0 aliphatic carbocycles. The molecule has 2 aliphatic rings. The fraction of sp³-hybridized carbons (Fsp3) is 0.364. The topological polar surface area (TPSA) is 290 Å². The molecule has 5 N–H and O–H groups in total. The summed E-state index contributed by atoms with van der Waals surface area (Å²) >= 11 is 12.9. The van der Waals surface area contributed by atoms with Gasteiger partial charge in [-0.15, -0.1) is 0 Å². The number of nitrogens with two attached hydrogens (primary N) is 2. The number of anilines is 2. The molecule has 2 saturated heterocycles. The van der Waals surface area contributed by atoms with E-state index in [2.05, 4.69) is 48.4 Å². The van der Waals surface area contributed by atoms with Gasteiger partial charge in [0.25, 0.3) is 0 Å². The second-order valence-corrected chi connectivity index (χ2v) is 17.7. The molecule has 4 atom stereocenters. The van der Waals surface area contributed by atoms with Crippen LogP contribution in [0.15, 0.2) is 74.4 Å². The van der Waals surface area contributed by atoms with E-state index >= 15 is 0 Å². The third-order valence-corrected chi connectivity index (χ3v) is 10.6. The Morgan fingerprint density at radius 2 is 1.24 bits per heavy atom. The lowest BCUT2D eigenvalue weighted by molar-refractivity contribution is -0.151. The first-order chi connectivity index (χ1) is 32.1. The maximum Gasteiger partial charge on any atom is 0.425 e. The van der Waals surface area contributed by atoms with Gasteiger partial charge in [0.05, 0.1) is 67.8 Å². The van der Waals surface area contributed by atoms with Crippen molar-refractivity contribution in [1.29, 1.82) is 0 Å². The molecule has 24 heteroatoms. The summed E-state index contributed by atoms with van der Waals surface area (Å²) in [6.07, 6.45) is 2.02. The predicted octanol–water partition coefficient (Wildman–Crippen LogP) is 4.15. The summed E-state index contributed by atoms with van der Waals surface area (Å²) < 4.78 is 22.9. The Morgan fingerprint density at radius 1 is 0.735 bits per heavy atom. The minimum absolute atomic E-state index is 0.0137. The number of morpholine rings is 2. The number of hydrogen-bond donors (Lipinski definition) is 3. The maximum absolute atomic E-state index is 14.1. The van der Waals surface area contributed by atoms with E-state index < -0.39 is 71.2 Å². The number of nitrogens with zero attached hydrogens (tertiary/aromatic N) is 9. The Kier molecular flexibility index (Phi) is 15.4. The Bertz CT molecular complexity index is 2650. The molecule has 2 fully saturated rings. The van der Waals surface area contributed by atoms with Gasteiger partial charge in [-0.25, -0.2) is 39.5 Å². The van der Waals surface area contributed by atoms with Gasteiger partial charge in [-0.3, -0.25) is 19.2 Å². The second kappa shape index (κ2) is 20.8. The zero-order chi connectivity index (χ0) is 49.7. The number of rotatable bonds is 12. The van der Waals surface area contributed by atoms with E-state index in [0.29, 0.717) is 27.4 Å². The van der Waals surface area contributed by atoms with Crippen LogP contribution in [0, 0.1) is 0 Å². The van der Waals surface area contributed by atoms with Crippen LogP contribution in [-0.2, 0) is 38.1 Å². The molecule has 4 aromatic heterocycles. The fourth-order valence-electron chi connectivity index (χ4n) is 7.21. The van der Waals surface area contributed by atoms with E-state index in [9.17, 15) is 28.8 Å². The molecule has 0 spiro atoms. The highest BCUT2D eigenvalue weighted by molar-refractivity contribution is 6.30. The predicted molar refractivity (Wildman–Crippen MR) is 245 cm³/mol. The third-order valence-electron chi connectivity index (χ3n) is 10.2. The summed E-state index contributed by atoms with van der Waals surface area (Å²) in [6, 6.07) is 4.94. The Balaban J connectivity index is 1.23. The normalized spacial score (nSPS) is 18.5. The lowest BCUT2D eigenvalue weighted by Crippen LogP contribution is -2.58. The van der Waals surface area contributed by atoms with Gasteiger partial charge in [-0.1, -0.05) is 36.4 Å². The molecular formula is C44H48Cl2N12O10. The minimum Gasteiger partial charge on any atom is -0.443 e. The number of nitrogens with one attached hydrogen (secondary N) is 1. The van der Waals surface area contributed by atoms with Crippen LogP contribution in [0.1, 0.15) is 57.8 Å². The first kappa shape index (κ1) is 50.3. The van der Waals surface area contributed by atoms with Crippen LogP contribution in [0.2, 0.25) is 10.3 Å². The summed E-state index contributed by atoms with van der Waals surface area (Å²) in [6.45, 7) is 14.2. The highest BCUT2D eigenvalue weighted by Crippen LogP contribution is 2.34. The fourth-order valence-corrected chi connectivity index (χ4v) is 7.64. The summed E-state index contributed by atoms with van der Waals surface area (Å²) in [7, 11) is 0. The van der Waals surface area contributed by atoms with Crippen molar-refractivity contribution in [2.45, 2.75) is 70.0 Å². The number of imide groups is 1. The number of carbonyl (C=O) groups is 6. The van der Waals surface area contributed by atoms with E-state index in [1.807, 2.05) is 0 Å². The van der Waals surface area contributed by atoms with Gasteiger partial charge in [0.2, 0.25) is 23.6 Å². The average Bonchev–Trinajstić information content (AvgIpc) is 3.28. The molecule has 358 valence electrons. The van der Waals surface area contributed by atoms with Crippen LogP contribution < -0.4 is 21.7 Å². The number of ether oxygens (including phenoxy) is 4. The Morgan fingerprint density at radius 3 is 1.75 bits per heavy atom. The van der Waals surface area contributed by atoms with Crippen LogP contribution >= 0.6 is 23.2 Å². The number of amides is 6. The number of hydrogen-bond acceptors (Lipinski definition) is 17. The molecule has 0 unspecified atom stereocenters. The smallest absolute Gasteiger partial charge is 0.425 e. The standard InChI is InChI=1S/C44H48Cl2N12O10/c1-8-37(59)56-29(16-65-18-31(56)39(48)61)23-11-28(55-34(46)12-23)26-15-36(53-22-51-26)58(41(63)67-43(3,4)5)42(64)68-44(6,7)20-49-40(62)32-19-66-17-30(57(32)38(60)9-2)24-10-27(54-33(45)13-24)25-14-35(47)52-21-50-25/h8-15,21-22,29-32H,1-2,16-20H2,3-7H3,(H2,48,61)(H,49,62)(H2,47,50,52)/t29-,30-,31-,32-/m0/s1. The summed E-state index contributed by atoms with van der Waals surface area (Å²) in [4.78, 5) is 109. The number of aromatic nitrogens is 6. The highest BCUT2D eigenvalue weighted by Gasteiger charge is 2.42. The molecular weight excluding hydrogens is 927 g/mol. The largest absolute Gasteiger partial charge is 0.443 e. The zero-order valence-corrected chi connectivity index (χ0v) is 39.1. The number of carbonyl (C=O) groups excluding carboxylic acids is 6. The van der Waals surface area contributed by atoms with Crippen molar-refractivity contribution in [3.05, 3.63) is 95.8 Å². The van der Waals surface area contributed by atoms with Gasteiger partial charge in [0, 0.05) is 12.1 Å². The molecule has 22 nitrogen and oxygen atoms in total. The lowest BCUT2D eigenvalue weighted by atomic mass is 10.0. The van der Waals surface area contributed by atoms with Crippen LogP contribution in [0.3, 0.4) is 0 Å². The SMILES string of the molecule is C=CC(=O)N1[C@H](C(N)=O)COC[C@H]1c1cc(Cl)nc(-c2cc(N(C(=O)OC(C)(C)C)C(=O)OC(C)(C)CNC(=O)[C@@H]3COC[C@@H](c4cc(Cl)nc(-c5cc(N)ncn5)c4)N3C(=O)C=C)ncn2)c1. The quantitative estimate of drug-likeness (QED) is 0.133. The zero-order valence-electron chi connectivity index (χ0n) is 37.6. The van der Waals surface area contributed by atoms with E-state index in [1.54, 1.807) is 26.8 Å². The summed E-state index contributed by atoms with van der Waals surface area (Å²) in [5.41, 5.74) is 10.6. The van der Waals surface area contributed by atoms with Crippen LogP contribution in [-0.4, -0.2) is 132 Å². The molecule has 4 aromatic rings. The van der Waals surface area contributed by atoms with Gasteiger partial charge in [-0.05, 0) is 82.2 Å². The van der Waals surface area contributed by atoms with Crippen LogP contribution in [0.25, 0.3) is 22.8 Å². The Hall–Kier alpha value is -7.14. The second-order valence-electron chi connectivity index (χ2n) is 16.9. The molecule has 6 heterocycles. The molecule has 6 amide bonds. The summed E-state index contributed by atoms with van der Waals surface area (Å²) in [5.74, 6) is -2.74. The van der Waals surface area contributed by atoms with E-state index in [4.69, 9.17) is 53.6 Å². The van der Waals surface area contributed by atoms with Gasteiger partial charge in [0.1, 0.15) is 52.1 Å². The first-order valence-corrected chi connectivity index (χ1v) is 21.5. The van der Waals surface area contributed by atoms with Crippen molar-refractivity contribution in [2.75, 3.05) is 43.6 Å². The highest BCUT2D eigenvalue weighted by atomic mass is 35.5. The van der Waals surface area contributed by atoms with Crippen molar-refractivity contribution in [2.24, 2.45) is 5.73 Å².